The molecule has 10 aromatic carbocycles. The molecule has 1 aliphatic rings. The maximum atomic E-state index is 2.46. The van der Waals surface area contributed by atoms with Gasteiger partial charge in [-0.2, -0.15) is 0 Å². The van der Waals surface area contributed by atoms with Crippen LogP contribution in [0, 0.1) is 0 Å². The third kappa shape index (κ3) is 5.95. The van der Waals surface area contributed by atoms with E-state index < -0.39 is 0 Å². The lowest BCUT2D eigenvalue weighted by molar-refractivity contribution is 0.685. The minimum absolute atomic E-state index is 1.13. The molecule has 10 aromatic rings. The number of nitrogens with zero attached hydrogens (tertiary/aromatic N) is 1. The van der Waals surface area contributed by atoms with Crippen LogP contribution in [0.5, 0.6) is 0 Å². The number of anilines is 3. The predicted octanol–water partition coefficient (Wildman–Crippen LogP) is 15.6. The van der Waals surface area contributed by atoms with Crippen LogP contribution in [0.4, 0.5) is 17.1 Å². The highest BCUT2D eigenvalue weighted by Gasteiger charge is 2.20. The van der Waals surface area contributed by atoms with Crippen molar-refractivity contribution in [2.45, 2.75) is 25.7 Å². The molecule has 0 bridgehead atoms. The van der Waals surface area contributed by atoms with Crippen molar-refractivity contribution in [2.24, 2.45) is 0 Å². The van der Waals surface area contributed by atoms with Gasteiger partial charge in [-0.05, 0) is 162 Å². The summed E-state index contributed by atoms with van der Waals surface area (Å²) in [5.74, 6) is 0. The minimum atomic E-state index is 1.13. The summed E-state index contributed by atoms with van der Waals surface area (Å²) in [6.45, 7) is 0. The molecule has 0 unspecified atom stereocenters. The van der Waals surface area contributed by atoms with Crippen LogP contribution >= 0.6 is 0 Å². The van der Waals surface area contributed by atoms with Crippen molar-refractivity contribution in [2.75, 3.05) is 4.90 Å². The van der Waals surface area contributed by atoms with Gasteiger partial charge >= 0.3 is 0 Å². The van der Waals surface area contributed by atoms with Gasteiger partial charge in [0.25, 0.3) is 0 Å². The Morgan fingerprint density at radius 1 is 0.281 bits per heavy atom. The van der Waals surface area contributed by atoms with Gasteiger partial charge in [0.1, 0.15) is 0 Å². The molecule has 0 fully saturated rings. The first-order chi connectivity index (χ1) is 28.2. The van der Waals surface area contributed by atoms with E-state index in [1.807, 2.05) is 0 Å². The monoisotopic (exact) mass is 727 g/mol. The second kappa shape index (κ2) is 14.0. The van der Waals surface area contributed by atoms with Crippen molar-refractivity contribution < 1.29 is 0 Å². The summed E-state index contributed by atoms with van der Waals surface area (Å²) in [6.07, 6.45) is 4.81. The molecule has 0 radical (unpaired) electrons. The van der Waals surface area contributed by atoms with Crippen molar-refractivity contribution in [1.29, 1.82) is 0 Å². The first-order valence-corrected chi connectivity index (χ1v) is 20.3. The Morgan fingerprint density at radius 2 is 0.842 bits per heavy atom. The lowest BCUT2D eigenvalue weighted by Crippen LogP contribution is -2.12. The molecule has 0 aliphatic heterocycles. The van der Waals surface area contributed by atoms with E-state index in [1.165, 1.54) is 106 Å². The van der Waals surface area contributed by atoms with Crippen molar-refractivity contribution in [1.82, 2.24) is 0 Å². The van der Waals surface area contributed by atoms with Crippen LogP contribution in [0.3, 0.4) is 0 Å². The smallest absolute Gasteiger partial charge is 0.0468 e. The normalized spacial score (nSPS) is 12.6. The molecule has 0 N–H and O–H groups in total. The maximum Gasteiger partial charge on any atom is 0.0468 e. The number of rotatable bonds is 6. The number of fused-ring (bicyclic) bond motifs is 7. The van der Waals surface area contributed by atoms with E-state index in [1.54, 1.807) is 0 Å². The molecule has 0 heterocycles. The summed E-state index contributed by atoms with van der Waals surface area (Å²) in [5.41, 5.74) is 13.8. The highest BCUT2D eigenvalue weighted by atomic mass is 15.1. The van der Waals surface area contributed by atoms with Gasteiger partial charge in [0.15, 0.2) is 0 Å². The van der Waals surface area contributed by atoms with E-state index in [-0.39, 0.29) is 0 Å². The summed E-state index contributed by atoms with van der Waals surface area (Å²) >= 11 is 0. The van der Waals surface area contributed by atoms with Crippen LogP contribution in [-0.2, 0) is 12.8 Å². The second-order valence-corrected chi connectivity index (χ2v) is 15.6. The van der Waals surface area contributed by atoms with Crippen molar-refractivity contribution in [3.63, 3.8) is 0 Å². The lowest BCUT2D eigenvalue weighted by Gasteiger charge is -2.29. The van der Waals surface area contributed by atoms with Gasteiger partial charge in [-0.3, -0.25) is 0 Å². The van der Waals surface area contributed by atoms with E-state index >= 15 is 0 Å². The first-order valence-electron chi connectivity index (χ1n) is 20.3. The standard InChI is InChI=1S/C56H41N/c1-2-12-38(13-3-1)40-24-28-46(29-25-40)57(47-30-26-39-14-4-5-16-42(39)35-47)48-31-33-52(45-27-32-51-44(34-45)23-22-41-15-6-8-18-49(41)51)56(37-48)55-36-43-17-7-9-19-50(43)53-20-10-11-21-54(53)55/h1-3,6-13,15,17-37H,4-5,14,16H2. The fraction of sp³-hybridized carbons (Fsp3) is 0.0714. The molecule has 1 heteroatoms. The van der Waals surface area contributed by atoms with Crippen LogP contribution in [0.25, 0.3) is 76.5 Å². The fourth-order valence-corrected chi connectivity index (χ4v) is 9.34. The van der Waals surface area contributed by atoms with E-state index in [0.29, 0.717) is 0 Å². The Bertz CT molecular complexity index is 3120. The number of hydrogen-bond acceptors (Lipinski definition) is 1. The van der Waals surface area contributed by atoms with E-state index in [0.717, 1.165) is 24.2 Å². The molecular formula is C56H41N. The quantitative estimate of drug-likeness (QED) is 0.154. The van der Waals surface area contributed by atoms with Gasteiger partial charge in [-0.25, -0.2) is 0 Å². The SMILES string of the molecule is c1ccc(-c2ccc(N(c3ccc4c(c3)CCCC4)c3ccc(-c4ccc5c(ccc6ccccc65)c4)c(-c4cc5ccccc5c5ccccc45)c3)cc2)cc1. The zero-order valence-corrected chi connectivity index (χ0v) is 31.8. The molecular weight excluding hydrogens is 687 g/mol. The second-order valence-electron chi connectivity index (χ2n) is 15.6. The Balaban J connectivity index is 1.15. The predicted molar refractivity (Wildman–Crippen MR) is 244 cm³/mol. The van der Waals surface area contributed by atoms with Crippen molar-refractivity contribution >= 4 is 60.2 Å². The third-order valence-corrected chi connectivity index (χ3v) is 12.2. The van der Waals surface area contributed by atoms with Crippen molar-refractivity contribution in [3.05, 3.63) is 211 Å². The Morgan fingerprint density at radius 3 is 1.67 bits per heavy atom. The van der Waals surface area contributed by atoms with Gasteiger partial charge in [-0.1, -0.05) is 152 Å². The Kier molecular flexibility index (Phi) is 8.18. The molecule has 0 saturated heterocycles. The van der Waals surface area contributed by atoms with Crippen LogP contribution in [0.15, 0.2) is 200 Å². The Hall–Kier alpha value is -6.96. The van der Waals surface area contributed by atoms with Crippen LogP contribution in [0.1, 0.15) is 24.0 Å². The molecule has 0 spiro atoms. The van der Waals surface area contributed by atoms with Crippen LogP contribution in [0.2, 0.25) is 0 Å². The molecule has 0 amide bonds. The zero-order valence-electron chi connectivity index (χ0n) is 31.8. The van der Waals surface area contributed by atoms with Gasteiger partial charge in [0.2, 0.25) is 0 Å². The molecule has 11 rings (SSSR count). The molecule has 0 aromatic heterocycles. The summed E-state index contributed by atoms with van der Waals surface area (Å²) < 4.78 is 0. The highest BCUT2D eigenvalue weighted by Crippen LogP contribution is 2.45. The fourth-order valence-electron chi connectivity index (χ4n) is 9.34. The summed E-state index contributed by atoms with van der Waals surface area (Å²) in [6, 6.07) is 74.5. The number of benzene rings is 10. The van der Waals surface area contributed by atoms with E-state index in [9.17, 15) is 0 Å². The molecule has 1 nitrogen and oxygen atoms in total. The van der Waals surface area contributed by atoms with Gasteiger partial charge in [0, 0.05) is 17.1 Å². The lowest BCUT2D eigenvalue weighted by atomic mass is 9.87. The molecule has 0 saturated carbocycles. The van der Waals surface area contributed by atoms with Crippen LogP contribution in [-0.4, -0.2) is 0 Å². The zero-order chi connectivity index (χ0) is 37.7. The third-order valence-electron chi connectivity index (χ3n) is 12.2. The molecule has 270 valence electrons. The molecule has 1 aliphatic carbocycles. The molecule has 0 atom stereocenters. The van der Waals surface area contributed by atoms with E-state index in [2.05, 4.69) is 205 Å². The number of hydrogen-bond donors (Lipinski definition) is 0. The van der Waals surface area contributed by atoms with E-state index in [4.69, 9.17) is 0 Å². The number of aryl methyl sites for hydroxylation is 2. The topological polar surface area (TPSA) is 3.24 Å². The first kappa shape index (κ1) is 33.4. The highest BCUT2D eigenvalue weighted by molar-refractivity contribution is 6.15. The van der Waals surface area contributed by atoms with Gasteiger partial charge in [-0.15, -0.1) is 0 Å². The largest absolute Gasteiger partial charge is 0.310 e. The van der Waals surface area contributed by atoms with Gasteiger partial charge < -0.3 is 4.90 Å². The summed E-state index contributed by atoms with van der Waals surface area (Å²) in [5, 5.41) is 10.1. The maximum absolute atomic E-state index is 2.46. The minimum Gasteiger partial charge on any atom is -0.310 e. The van der Waals surface area contributed by atoms with Crippen molar-refractivity contribution in [3.8, 4) is 33.4 Å². The Labute approximate surface area is 334 Å². The van der Waals surface area contributed by atoms with Gasteiger partial charge in [0.05, 0.1) is 0 Å². The molecule has 57 heavy (non-hydrogen) atoms. The van der Waals surface area contributed by atoms with Crippen LogP contribution < -0.4 is 4.90 Å². The average Bonchev–Trinajstić information content (AvgIpc) is 3.29. The summed E-state index contributed by atoms with van der Waals surface area (Å²) in [7, 11) is 0. The summed E-state index contributed by atoms with van der Waals surface area (Å²) in [4.78, 5) is 2.46. The average molecular weight is 728 g/mol.